The van der Waals surface area contributed by atoms with E-state index in [0.29, 0.717) is 38.9 Å². The molecule has 0 atom stereocenters. The number of piperazine rings is 1. The number of hydrogen-bond acceptors (Lipinski definition) is 7. The predicted octanol–water partition coefficient (Wildman–Crippen LogP) is 6.01. The van der Waals surface area contributed by atoms with E-state index in [-0.39, 0.29) is 5.82 Å². The fourth-order valence-electron chi connectivity index (χ4n) is 4.98. The first-order chi connectivity index (χ1) is 19.1. The van der Waals surface area contributed by atoms with Gasteiger partial charge < -0.3 is 14.9 Å². The molecule has 4 heterocycles. The summed E-state index contributed by atoms with van der Waals surface area (Å²) in [5.74, 6) is -0.752. The van der Waals surface area contributed by atoms with Gasteiger partial charge in [-0.25, -0.2) is 17.8 Å². The fraction of sp³-hybridized carbons (Fsp3) is 0.286. The molecule has 0 aliphatic carbocycles. The van der Waals surface area contributed by atoms with Crippen LogP contribution in [-0.2, 0) is 0 Å². The minimum atomic E-state index is -0.429. The topological polar surface area (TPSA) is 61.3 Å². The van der Waals surface area contributed by atoms with Crippen molar-refractivity contribution in [2.75, 3.05) is 48.9 Å². The number of benzene rings is 2. The molecule has 0 spiro atoms. The lowest BCUT2D eigenvalue weighted by atomic mass is 10.0. The Balaban J connectivity index is 1.39. The van der Waals surface area contributed by atoms with Gasteiger partial charge in [0.2, 0.25) is 0 Å². The second-order valence-corrected chi connectivity index (χ2v) is 10.9. The Morgan fingerprint density at radius 1 is 0.923 bits per heavy atom. The van der Waals surface area contributed by atoms with E-state index in [1.165, 1.54) is 18.2 Å². The summed E-state index contributed by atoms with van der Waals surface area (Å²) in [6.07, 6.45) is 7.30. The molecule has 0 amide bonds. The highest BCUT2D eigenvalue weighted by Crippen LogP contribution is 2.38. The molecule has 11 heteroatoms. The van der Waals surface area contributed by atoms with Crippen LogP contribution in [0.3, 0.4) is 0 Å². The van der Waals surface area contributed by atoms with Crippen LogP contribution in [0, 0.1) is 11.6 Å². The van der Waals surface area contributed by atoms with E-state index in [1.807, 2.05) is 23.1 Å². The lowest BCUT2D eigenvalue weighted by Gasteiger charge is -2.29. The molecule has 2 aromatic carbocycles. The minimum absolute atomic E-state index is 0.300. The monoisotopic (exact) mass is 567 g/mol. The lowest BCUT2D eigenvalue weighted by Crippen LogP contribution is -2.43. The van der Waals surface area contributed by atoms with Crippen LogP contribution < -0.4 is 14.9 Å². The van der Waals surface area contributed by atoms with E-state index in [0.717, 1.165) is 57.7 Å². The Morgan fingerprint density at radius 3 is 2.44 bits per heavy atom. The number of aromatic nitrogens is 3. The van der Waals surface area contributed by atoms with Gasteiger partial charge in [-0.05, 0) is 49.2 Å². The second kappa shape index (κ2) is 11.5. The lowest BCUT2D eigenvalue weighted by molar-refractivity contribution is 0.566. The van der Waals surface area contributed by atoms with Gasteiger partial charge in [-0.2, -0.15) is 5.10 Å². The van der Waals surface area contributed by atoms with Crippen LogP contribution in [0.15, 0.2) is 61.1 Å². The average Bonchev–Trinajstić information content (AvgIpc) is 3.65. The largest absolute Gasteiger partial charge is 0.367 e. The van der Waals surface area contributed by atoms with Gasteiger partial charge in [0.25, 0.3) is 0 Å². The van der Waals surface area contributed by atoms with E-state index in [9.17, 15) is 0 Å². The standard InChI is InChI=1S/C28H28ClF2N7S/c29-20-15-22(27(31)25(16-20)35-39-37-11-1-2-12-37)23-18-38(34-28(23)19-5-7-32-8-6-19)21-3-4-26(24(30)17-21)36-13-9-33-10-14-36/h3-8,15-18,33,35H,1-2,9-14H2. The molecule has 202 valence electrons. The van der Waals surface area contributed by atoms with Gasteiger partial charge in [0.05, 0.1) is 17.1 Å². The van der Waals surface area contributed by atoms with Crippen molar-refractivity contribution in [2.24, 2.45) is 0 Å². The van der Waals surface area contributed by atoms with Crippen molar-refractivity contribution < 1.29 is 8.78 Å². The zero-order valence-electron chi connectivity index (χ0n) is 21.2. The Labute approximate surface area is 235 Å². The van der Waals surface area contributed by atoms with Crippen LogP contribution in [-0.4, -0.2) is 58.3 Å². The first-order valence-electron chi connectivity index (χ1n) is 13.0. The van der Waals surface area contributed by atoms with E-state index >= 15 is 8.78 Å². The first-order valence-corrected chi connectivity index (χ1v) is 14.1. The van der Waals surface area contributed by atoms with Crippen LogP contribution in [0.2, 0.25) is 5.02 Å². The molecule has 0 saturated carbocycles. The predicted molar refractivity (Wildman–Crippen MR) is 154 cm³/mol. The van der Waals surface area contributed by atoms with Crippen molar-refractivity contribution >= 4 is 35.1 Å². The number of rotatable bonds is 7. The van der Waals surface area contributed by atoms with E-state index in [4.69, 9.17) is 16.7 Å². The van der Waals surface area contributed by atoms with Gasteiger partial charge in [0.1, 0.15) is 11.5 Å². The summed E-state index contributed by atoms with van der Waals surface area (Å²) in [5.41, 5.74) is 3.56. The summed E-state index contributed by atoms with van der Waals surface area (Å²) in [5, 5.41) is 8.46. The van der Waals surface area contributed by atoms with E-state index in [1.54, 1.807) is 41.5 Å². The summed E-state index contributed by atoms with van der Waals surface area (Å²) in [4.78, 5) is 6.14. The maximum Gasteiger partial charge on any atom is 0.155 e. The third-order valence-corrected chi connectivity index (χ3v) is 8.15. The molecule has 2 fully saturated rings. The third-order valence-electron chi connectivity index (χ3n) is 7.00. The van der Waals surface area contributed by atoms with Gasteiger partial charge in [-0.15, -0.1) is 0 Å². The summed E-state index contributed by atoms with van der Waals surface area (Å²) in [6, 6.07) is 11.9. The van der Waals surface area contributed by atoms with Crippen molar-refractivity contribution in [3.05, 3.63) is 77.7 Å². The maximum atomic E-state index is 16.0. The molecule has 0 radical (unpaired) electrons. The van der Waals surface area contributed by atoms with Gasteiger partial charge >= 0.3 is 0 Å². The zero-order valence-corrected chi connectivity index (χ0v) is 22.8. The molecule has 2 aliphatic heterocycles. The molecule has 0 bridgehead atoms. The van der Waals surface area contributed by atoms with Crippen LogP contribution in [0.5, 0.6) is 0 Å². The number of anilines is 2. The number of hydrogen-bond donors (Lipinski definition) is 2. The molecule has 2 N–H and O–H groups in total. The SMILES string of the molecule is Fc1cc(-n2cc(-c3cc(Cl)cc(NSN4CCCC4)c3F)c(-c3ccncc3)n2)ccc1N1CCNCC1. The Kier molecular flexibility index (Phi) is 7.69. The molecular formula is C28H28ClF2N7S. The maximum absolute atomic E-state index is 16.0. The van der Waals surface area contributed by atoms with Crippen LogP contribution >= 0.6 is 23.7 Å². The number of nitrogens with one attached hydrogen (secondary N) is 2. The minimum Gasteiger partial charge on any atom is -0.367 e. The quantitative estimate of drug-likeness (QED) is 0.265. The second-order valence-electron chi connectivity index (χ2n) is 9.59. The van der Waals surface area contributed by atoms with Crippen molar-refractivity contribution in [1.82, 2.24) is 24.4 Å². The highest BCUT2D eigenvalue weighted by atomic mass is 35.5. The Bertz CT molecular complexity index is 1450. The van der Waals surface area contributed by atoms with E-state index < -0.39 is 5.82 Å². The highest BCUT2D eigenvalue weighted by Gasteiger charge is 2.22. The summed E-state index contributed by atoms with van der Waals surface area (Å²) in [6.45, 7) is 5.03. The van der Waals surface area contributed by atoms with Gasteiger partial charge in [0.15, 0.2) is 5.82 Å². The van der Waals surface area contributed by atoms with E-state index in [2.05, 4.69) is 19.3 Å². The molecule has 6 rings (SSSR count). The Morgan fingerprint density at radius 2 is 1.69 bits per heavy atom. The number of nitrogens with zero attached hydrogens (tertiary/aromatic N) is 5. The normalized spacial score (nSPS) is 16.1. The molecule has 2 aliphatic rings. The van der Waals surface area contributed by atoms with Crippen molar-refractivity contribution in [1.29, 1.82) is 0 Å². The molecule has 2 aromatic heterocycles. The van der Waals surface area contributed by atoms with Crippen LogP contribution in [0.4, 0.5) is 20.2 Å². The smallest absolute Gasteiger partial charge is 0.155 e. The summed E-state index contributed by atoms with van der Waals surface area (Å²) < 4.78 is 38.1. The van der Waals surface area contributed by atoms with Gasteiger partial charge in [-0.1, -0.05) is 11.6 Å². The van der Waals surface area contributed by atoms with Crippen molar-refractivity contribution in [3.8, 4) is 28.1 Å². The summed E-state index contributed by atoms with van der Waals surface area (Å²) >= 11 is 7.86. The number of halogens is 3. The third kappa shape index (κ3) is 5.60. The molecule has 7 nitrogen and oxygen atoms in total. The zero-order chi connectivity index (χ0) is 26.8. The first kappa shape index (κ1) is 26.1. The van der Waals surface area contributed by atoms with Gasteiger partial charge in [-0.3, -0.25) is 4.98 Å². The highest BCUT2D eigenvalue weighted by molar-refractivity contribution is 7.98. The summed E-state index contributed by atoms with van der Waals surface area (Å²) in [7, 11) is 0. The Hall–Kier alpha value is -3.18. The van der Waals surface area contributed by atoms with Crippen LogP contribution in [0.25, 0.3) is 28.1 Å². The molecule has 2 saturated heterocycles. The fourth-order valence-corrected chi connectivity index (χ4v) is 6.01. The average molecular weight is 568 g/mol. The number of pyridine rings is 1. The van der Waals surface area contributed by atoms with Crippen molar-refractivity contribution in [2.45, 2.75) is 12.8 Å². The molecule has 4 aromatic rings. The molecule has 0 unspecified atom stereocenters. The molecule has 39 heavy (non-hydrogen) atoms. The van der Waals surface area contributed by atoms with Gasteiger partial charge in [0, 0.05) is 97.8 Å². The molecular weight excluding hydrogens is 540 g/mol. The van der Waals surface area contributed by atoms with Crippen molar-refractivity contribution in [3.63, 3.8) is 0 Å². The van der Waals surface area contributed by atoms with Crippen LogP contribution in [0.1, 0.15) is 12.8 Å².